The van der Waals surface area contributed by atoms with Crippen molar-refractivity contribution in [1.29, 1.82) is 0 Å². The van der Waals surface area contributed by atoms with Gasteiger partial charge in [0.15, 0.2) is 0 Å². The molecule has 0 unspecified atom stereocenters. The molecule has 1 aliphatic rings. The summed E-state index contributed by atoms with van der Waals surface area (Å²) in [6, 6.07) is 2.05. The Morgan fingerprint density at radius 3 is 2.61 bits per heavy atom. The molecule has 100 valence electrons. The zero-order valence-corrected chi connectivity index (χ0v) is 11.4. The van der Waals surface area contributed by atoms with Gasteiger partial charge in [-0.3, -0.25) is 0 Å². The third-order valence-corrected chi connectivity index (χ3v) is 3.35. The number of hydrogen-bond acceptors (Lipinski definition) is 5. The second-order valence-corrected chi connectivity index (χ2v) is 4.61. The zero-order valence-electron chi connectivity index (χ0n) is 11.4. The van der Waals surface area contributed by atoms with Crippen LogP contribution in [0.2, 0.25) is 0 Å². The molecule has 0 spiro atoms. The minimum atomic E-state index is 0.930. The molecule has 2 heterocycles. The Balaban J connectivity index is 1.96. The van der Waals surface area contributed by atoms with Gasteiger partial charge in [0.1, 0.15) is 18.0 Å². The van der Waals surface area contributed by atoms with Crippen LogP contribution in [0.1, 0.15) is 20.3 Å². The summed E-state index contributed by atoms with van der Waals surface area (Å²) < 4.78 is 0. The Labute approximate surface area is 109 Å². The summed E-state index contributed by atoms with van der Waals surface area (Å²) in [6.07, 6.45) is 2.76. The van der Waals surface area contributed by atoms with Gasteiger partial charge in [-0.2, -0.15) is 0 Å². The van der Waals surface area contributed by atoms with Crippen LogP contribution >= 0.6 is 0 Å². The Morgan fingerprint density at radius 1 is 1.17 bits per heavy atom. The lowest BCUT2D eigenvalue weighted by Crippen LogP contribution is -2.46. The number of anilines is 2. The molecule has 0 bridgehead atoms. The highest BCUT2D eigenvalue weighted by molar-refractivity contribution is 5.48. The fraction of sp³-hybridized carbons (Fsp3) is 0.692. The SMILES string of the molecule is CCCNc1cc(N2CCN(CC)CC2)ncn1. The molecule has 0 aliphatic carbocycles. The van der Waals surface area contributed by atoms with E-state index in [4.69, 9.17) is 0 Å². The van der Waals surface area contributed by atoms with Crippen molar-refractivity contribution in [3.05, 3.63) is 12.4 Å². The Hall–Kier alpha value is -1.36. The maximum absolute atomic E-state index is 4.38. The molecule has 1 aromatic rings. The summed E-state index contributed by atoms with van der Waals surface area (Å²) >= 11 is 0. The van der Waals surface area contributed by atoms with Gasteiger partial charge in [-0.1, -0.05) is 13.8 Å². The number of piperazine rings is 1. The molecule has 5 nitrogen and oxygen atoms in total. The van der Waals surface area contributed by atoms with E-state index in [2.05, 4.69) is 45.0 Å². The van der Waals surface area contributed by atoms with Crippen molar-refractivity contribution in [3.8, 4) is 0 Å². The summed E-state index contributed by atoms with van der Waals surface area (Å²) in [5, 5.41) is 3.31. The van der Waals surface area contributed by atoms with Crippen LogP contribution < -0.4 is 10.2 Å². The summed E-state index contributed by atoms with van der Waals surface area (Å²) in [4.78, 5) is 13.4. The molecule has 0 radical (unpaired) electrons. The van der Waals surface area contributed by atoms with Gasteiger partial charge >= 0.3 is 0 Å². The molecule has 1 aliphatic heterocycles. The van der Waals surface area contributed by atoms with Crippen molar-refractivity contribution >= 4 is 11.6 Å². The van der Waals surface area contributed by atoms with E-state index in [1.807, 2.05) is 0 Å². The number of rotatable bonds is 5. The zero-order chi connectivity index (χ0) is 12.8. The maximum Gasteiger partial charge on any atom is 0.134 e. The lowest BCUT2D eigenvalue weighted by atomic mass is 10.3. The summed E-state index contributed by atoms with van der Waals surface area (Å²) in [5.41, 5.74) is 0. The number of nitrogens with zero attached hydrogens (tertiary/aromatic N) is 4. The molecule has 1 saturated heterocycles. The van der Waals surface area contributed by atoms with E-state index in [1.165, 1.54) is 0 Å². The average molecular weight is 249 g/mol. The predicted octanol–water partition coefficient (Wildman–Crippen LogP) is 1.44. The number of likely N-dealkylation sites (N-methyl/N-ethyl adjacent to an activating group) is 1. The van der Waals surface area contributed by atoms with Crippen molar-refractivity contribution in [2.75, 3.05) is 49.5 Å². The highest BCUT2D eigenvalue weighted by Gasteiger charge is 2.16. The van der Waals surface area contributed by atoms with Crippen molar-refractivity contribution in [2.24, 2.45) is 0 Å². The van der Waals surface area contributed by atoms with Crippen LogP contribution in [0.15, 0.2) is 12.4 Å². The Kier molecular flexibility index (Phi) is 4.75. The molecule has 5 heteroatoms. The van der Waals surface area contributed by atoms with Gasteiger partial charge < -0.3 is 15.1 Å². The summed E-state index contributed by atoms with van der Waals surface area (Å²) in [6.45, 7) is 10.8. The minimum Gasteiger partial charge on any atom is -0.370 e. The fourth-order valence-corrected chi connectivity index (χ4v) is 2.16. The van der Waals surface area contributed by atoms with Crippen LogP contribution in [0.5, 0.6) is 0 Å². The van der Waals surface area contributed by atoms with Gasteiger partial charge in [0.25, 0.3) is 0 Å². The van der Waals surface area contributed by atoms with Gasteiger partial charge in [-0.05, 0) is 13.0 Å². The van der Waals surface area contributed by atoms with Crippen LogP contribution in [0, 0.1) is 0 Å². The molecule has 0 atom stereocenters. The third-order valence-electron chi connectivity index (χ3n) is 3.35. The van der Waals surface area contributed by atoms with E-state index in [0.717, 1.165) is 57.3 Å². The van der Waals surface area contributed by atoms with E-state index in [0.29, 0.717) is 0 Å². The second-order valence-electron chi connectivity index (χ2n) is 4.61. The lowest BCUT2D eigenvalue weighted by Gasteiger charge is -2.34. The minimum absolute atomic E-state index is 0.930. The molecular weight excluding hydrogens is 226 g/mol. The molecule has 0 saturated carbocycles. The normalized spacial score (nSPS) is 16.9. The van der Waals surface area contributed by atoms with Gasteiger partial charge in [-0.25, -0.2) is 9.97 Å². The monoisotopic (exact) mass is 249 g/mol. The summed E-state index contributed by atoms with van der Waals surface area (Å²) in [5.74, 6) is 1.97. The van der Waals surface area contributed by atoms with Crippen LogP contribution in [-0.2, 0) is 0 Å². The van der Waals surface area contributed by atoms with Crippen LogP contribution in [0.25, 0.3) is 0 Å². The largest absolute Gasteiger partial charge is 0.370 e. The summed E-state index contributed by atoms with van der Waals surface area (Å²) in [7, 11) is 0. The van der Waals surface area contributed by atoms with E-state index < -0.39 is 0 Å². The van der Waals surface area contributed by atoms with Crippen molar-refractivity contribution < 1.29 is 0 Å². The predicted molar refractivity (Wildman–Crippen MR) is 75.1 cm³/mol. The van der Waals surface area contributed by atoms with Crippen LogP contribution in [0.4, 0.5) is 11.6 Å². The molecule has 1 fully saturated rings. The number of aromatic nitrogens is 2. The molecule has 18 heavy (non-hydrogen) atoms. The van der Waals surface area contributed by atoms with E-state index in [1.54, 1.807) is 6.33 Å². The van der Waals surface area contributed by atoms with Gasteiger partial charge in [0, 0.05) is 38.8 Å². The highest BCUT2D eigenvalue weighted by atomic mass is 15.3. The van der Waals surface area contributed by atoms with Crippen LogP contribution in [0.3, 0.4) is 0 Å². The molecule has 2 rings (SSSR count). The van der Waals surface area contributed by atoms with Crippen molar-refractivity contribution in [1.82, 2.24) is 14.9 Å². The smallest absolute Gasteiger partial charge is 0.134 e. The standard InChI is InChI=1S/C13H23N5/c1-3-5-14-12-10-13(16-11-15-12)18-8-6-17(4-2)7-9-18/h10-11H,3-9H2,1-2H3,(H,14,15,16). The number of hydrogen-bond donors (Lipinski definition) is 1. The second kappa shape index (κ2) is 6.54. The van der Waals surface area contributed by atoms with Gasteiger partial charge in [-0.15, -0.1) is 0 Å². The molecule has 1 N–H and O–H groups in total. The van der Waals surface area contributed by atoms with Crippen LogP contribution in [-0.4, -0.2) is 54.1 Å². The Bertz CT molecular complexity index is 360. The number of nitrogens with one attached hydrogen (secondary N) is 1. The first kappa shape index (κ1) is 13.1. The molecule has 1 aromatic heterocycles. The Morgan fingerprint density at radius 2 is 1.94 bits per heavy atom. The highest BCUT2D eigenvalue weighted by Crippen LogP contribution is 2.16. The molecular formula is C13H23N5. The molecule has 0 aromatic carbocycles. The quantitative estimate of drug-likeness (QED) is 0.855. The van der Waals surface area contributed by atoms with Gasteiger partial charge in [0.05, 0.1) is 0 Å². The average Bonchev–Trinajstić information content (AvgIpc) is 2.45. The van der Waals surface area contributed by atoms with Crippen molar-refractivity contribution in [2.45, 2.75) is 20.3 Å². The molecule has 0 amide bonds. The van der Waals surface area contributed by atoms with E-state index >= 15 is 0 Å². The first-order valence-electron chi connectivity index (χ1n) is 6.86. The maximum atomic E-state index is 4.38. The topological polar surface area (TPSA) is 44.3 Å². The fourth-order valence-electron chi connectivity index (χ4n) is 2.16. The third kappa shape index (κ3) is 3.32. The van der Waals surface area contributed by atoms with E-state index in [-0.39, 0.29) is 0 Å². The van der Waals surface area contributed by atoms with E-state index in [9.17, 15) is 0 Å². The van der Waals surface area contributed by atoms with Crippen molar-refractivity contribution in [3.63, 3.8) is 0 Å². The lowest BCUT2D eigenvalue weighted by molar-refractivity contribution is 0.270. The first-order chi connectivity index (χ1) is 8.83. The van der Waals surface area contributed by atoms with Gasteiger partial charge in [0.2, 0.25) is 0 Å². The first-order valence-corrected chi connectivity index (χ1v) is 6.86.